The van der Waals surface area contributed by atoms with Gasteiger partial charge in [0.05, 0.1) is 13.2 Å². The fourth-order valence-electron chi connectivity index (χ4n) is 2.85. The first kappa shape index (κ1) is 18.9. The molecule has 23 heavy (non-hydrogen) atoms. The van der Waals surface area contributed by atoms with Crippen molar-refractivity contribution in [2.24, 2.45) is 0 Å². The van der Waals surface area contributed by atoms with Gasteiger partial charge in [-0.3, -0.25) is 0 Å². The molecule has 11 heteroatoms. The first-order chi connectivity index (χ1) is 10.7. The molecule has 11 nitrogen and oxygen atoms in total. The van der Waals surface area contributed by atoms with Crippen molar-refractivity contribution in [2.45, 2.75) is 60.7 Å². The van der Waals surface area contributed by atoms with E-state index in [2.05, 4.69) is 0 Å². The summed E-state index contributed by atoms with van der Waals surface area (Å²) in [6, 6.07) is 0. The van der Waals surface area contributed by atoms with Crippen LogP contribution in [0.3, 0.4) is 0 Å². The van der Waals surface area contributed by atoms with Gasteiger partial charge in [-0.05, 0) is 0 Å². The van der Waals surface area contributed by atoms with E-state index in [1.54, 1.807) is 0 Å². The zero-order valence-corrected chi connectivity index (χ0v) is 12.0. The molecule has 0 amide bonds. The SMILES string of the molecule is OC[C@@H]1O[C@@H](C(O)C2(O)O[C@H](CO)[C@@H](O)[C@@H]2O)[C@@H](O)[C@H](O)[C@H]1O. The number of aliphatic hydroxyl groups is 9. The van der Waals surface area contributed by atoms with E-state index in [1.165, 1.54) is 0 Å². The zero-order valence-electron chi connectivity index (χ0n) is 12.0. The van der Waals surface area contributed by atoms with E-state index in [0.29, 0.717) is 0 Å². The van der Waals surface area contributed by atoms with Crippen LogP contribution < -0.4 is 0 Å². The number of hydrogen-bond acceptors (Lipinski definition) is 11. The molecule has 0 aliphatic carbocycles. The molecule has 2 unspecified atom stereocenters. The Morgan fingerprint density at radius 1 is 0.826 bits per heavy atom. The molecule has 136 valence electrons. The molecule has 0 radical (unpaired) electrons. The number of hydrogen-bond donors (Lipinski definition) is 9. The molecule has 2 saturated heterocycles. The maximum atomic E-state index is 10.3. The predicted octanol–water partition coefficient (Wildman–Crippen LogP) is -6.01. The van der Waals surface area contributed by atoms with Crippen molar-refractivity contribution in [3.05, 3.63) is 0 Å². The lowest BCUT2D eigenvalue weighted by atomic mass is 9.87. The highest BCUT2D eigenvalue weighted by Crippen LogP contribution is 2.36. The molecule has 0 aromatic heterocycles. The van der Waals surface area contributed by atoms with Crippen LogP contribution >= 0.6 is 0 Å². The first-order valence-corrected chi connectivity index (χ1v) is 7.04. The van der Waals surface area contributed by atoms with Crippen LogP contribution in [0.2, 0.25) is 0 Å². The summed E-state index contributed by atoms with van der Waals surface area (Å²) in [5.41, 5.74) is 0. The van der Waals surface area contributed by atoms with Crippen LogP contribution in [0.15, 0.2) is 0 Å². The highest BCUT2D eigenvalue weighted by Gasteiger charge is 2.61. The molecule has 2 fully saturated rings. The van der Waals surface area contributed by atoms with Crippen molar-refractivity contribution in [1.82, 2.24) is 0 Å². The standard InChI is InChI=1S/C12H22O11/c13-1-3-5(15)7(17)8(18)9(22-3)11(20)12(21)10(19)6(16)4(2-14)23-12/h3-11,13-21H,1-2H2/t3-,4+,5-,6+,7+,8-,9+,10-,11?,12?/m0/s1. The molecule has 0 aromatic carbocycles. The van der Waals surface area contributed by atoms with Gasteiger partial charge < -0.3 is 55.4 Å². The first-order valence-electron chi connectivity index (χ1n) is 7.04. The van der Waals surface area contributed by atoms with Gasteiger partial charge in [-0.2, -0.15) is 0 Å². The van der Waals surface area contributed by atoms with Crippen LogP contribution in [0.1, 0.15) is 0 Å². The second-order valence-corrected chi connectivity index (χ2v) is 5.76. The van der Waals surface area contributed by atoms with Crippen LogP contribution in [-0.4, -0.2) is 120 Å². The van der Waals surface area contributed by atoms with Crippen molar-refractivity contribution in [3.63, 3.8) is 0 Å². The van der Waals surface area contributed by atoms with Crippen LogP contribution in [0, 0.1) is 0 Å². The molecule has 0 bridgehead atoms. The Morgan fingerprint density at radius 3 is 1.87 bits per heavy atom. The highest BCUT2D eigenvalue weighted by atomic mass is 16.7. The van der Waals surface area contributed by atoms with Gasteiger partial charge in [0, 0.05) is 0 Å². The van der Waals surface area contributed by atoms with Crippen molar-refractivity contribution in [2.75, 3.05) is 13.2 Å². The van der Waals surface area contributed by atoms with E-state index in [1.807, 2.05) is 0 Å². The van der Waals surface area contributed by atoms with E-state index in [9.17, 15) is 35.7 Å². The number of ether oxygens (including phenoxy) is 2. The second-order valence-electron chi connectivity index (χ2n) is 5.76. The lowest BCUT2D eigenvalue weighted by molar-refractivity contribution is -0.328. The Morgan fingerprint density at radius 2 is 1.39 bits per heavy atom. The van der Waals surface area contributed by atoms with Crippen LogP contribution in [0.5, 0.6) is 0 Å². The van der Waals surface area contributed by atoms with Gasteiger partial charge in [0.25, 0.3) is 0 Å². The Bertz CT molecular complexity index is 406. The quantitative estimate of drug-likeness (QED) is 0.235. The average molecular weight is 342 g/mol. The summed E-state index contributed by atoms with van der Waals surface area (Å²) in [6.07, 6.45) is -15.8. The van der Waals surface area contributed by atoms with E-state index in [-0.39, 0.29) is 0 Å². The molecule has 0 aromatic rings. The van der Waals surface area contributed by atoms with Gasteiger partial charge in [-0.15, -0.1) is 0 Å². The fourth-order valence-corrected chi connectivity index (χ4v) is 2.85. The van der Waals surface area contributed by atoms with E-state index in [4.69, 9.17) is 19.7 Å². The van der Waals surface area contributed by atoms with Crippen LogP contribution in [0.4, 0.5) is 0 Å². The molecule has 2 heterocycles. The average Bonchev–Trinajstić information content (AvgIpc) is 2.77. The Balaban J connectivity index is 2.23. The van der Waals surface area contributed by atoms with Gasteiger partial charge in [0.15, 0.2) is 0 Å². The van der Waals surface area contributed by atoms with Crippen molar-refractivity contribution in [1.29, 1.82) is 0 Å². The maximum Gasteiger partial charge on any atom is 0.224 e. The molecule has 0 spiro atoms. The highest BCUT2D eigenvalue weighted by molar-refractivity contribution is 5.05. The summed E-state index contributed by atoms with van der Waals surface area (Å²) >= 11 is 0. The van der Waals surface area contributed by atoms with E-state index in [0.717, 1.165) is 0 Å². The van der Waals surface area contributed by atoms with Gasteiger partial charge in [-0.25, -0.2) is 0 Å². The second kappa shape index (κ2) is 6.82. The summed E-state index contributed by atoms with van der Waals surface area (Å²) in [5.74, 6) is -2.81. The Labute approximate surface area is 130 Å². The summed E-state index contributed by atoms with van der Waals surface area (Å²) in [4.78, 5) is 0. The van der Waals surface area contributed by atoms with Crippen molar-refractivity contribution >= 4 is 0 Å². The third-order valence-corrected chi connectivity index (χ3v) is 4.31. The molecule has 9 N–H and O–H groups in total. The minimum absolute atomic E-state index is 0.752. The minimum atomic E-state index is -2.81. The van der Waals surface area contributed by atoms with Gasteiger partial charge in [-0.1, -0.05) is 0 Å². The van der Waals surface area contributed by atoms with Gasteiger partial charge in [0.1, 0.15) is 54.9 Å². The number of rotatable bonds is 4. The predicted molar refractivity (Wildman–Crippen MR) is 68.7 cm³/mol. The van der Waals surface area contributed by atoms with Crippen molar-refractivity contribution in [3.8, 4) is 0 Å². The lowest BCUT2D eigenvalue weighted by Crippen LogP contribution is -2.67. The smallest absolute Gasteiger partial charge is 0.224 e. The third-order valence-electron chi connectivity index (χ3n) is 4.31. The topological polar surface area (TPSA) is 201 Å². The monoisotopic (exact) mass is 342 g/mol. The van der Waals surface area contributed by atoms with E-state index >= 15 is 0 Å². The maximum absolute atomic E-state index is 10.3. The molecule has 2 rings (SSSR count). The molecule has 2 aliphatic rings. The van der Waals surface area contributed by atoms with Gasteiger partial charge >= 0.3 is 0 Å². The molecular weight excluding hydrogens is 320 g/mol. The summed E-state index contributed by atoms with van der Waals surface area (Å²) in [5, 5.41) is 87.4. The molecular formula is C12H22O11. The largest absolute Gasteiger partial charge is 0.394 e. The van der Waals surface area contributed by atoms with Crippen molar-refractivity contribution < 1.29 is 55.4 Å². The Hall–Kier alpha value is -0.440. The summed E-state index contributed by atoms with van der Waals surface area (Å²) in [7, 11) is 0. The lowest BCUT2D eigenvalue weighted by Gasteiger charge is -2.45. The van der Waals surface area contributed by atoms with Crippen LogP contribution in [0.25, 0.3) is 0 Å². The van der Waals surface area contributed by atoms with Gasteiger partial charge in [0.2, 0.25) is 5.79 Å². The minimum Gasteiger partial charge on any atom is -0.394 e. The normalized spacial score (nSPS) is 52.6. The fraction of sp³-hybridized carbons (Fsp3) is 1.00. The summed E-state index contributed by atoms with van der Waals surface area (Å²) in [6.45, 7) is -1.51. The summed E-state index contributed by atoms with van der Waals surface area (Å²) < 4.78 is 9.94. The van der Waals surface area contributed by atoms with Crippen LogP contribution in [-0.2, 0) is 9.47 Å². The molecule has 2 aliphatic heterocycles. The zero-order chi connectivity index (χ0) is 17.5. The molecule has 10 atom stereocenters. The molecule has 0 saturated carbocycles. The Kier molecular flexibility index (Phi) is 5.60. The number of aliphatic hydroxyl groups excluding tert-OH is 8. The third kappa shape index (κ3) is 2.99. The van der Waals surface area contributed by atoms with E-state index < -0.39 is 73.9 Å².